The Labute approximate surface area is 122 Å². The van der Waals surface area contributed by atoms with Crippen molar-refractivity contribution < 1.29 is 4.79 Å². The molecule has 0 spiro atoms. The van der Waals surface area contributed by atoms with Crippen molar-refractivity contribution in [1.29, 1.82) is 0 Å². The molecular weight excluding hydrogens is 264 g/mol. The van der Waals surface area contributed by atoms with Crippen molar-refractivity contribution in [1.82, 2.24) is 9.88 Å². The van der Waals surface area contributed by atoms with Gasteiger partial charge in [-0.15, -0.1) is 0 Å². The Bertz CT molecular complexity index is 746. The molecule has 0 bridgehead atoms. The lowest BCUT2D eigenvalue weighted by molar-refractivity contribution is 0.204. The number of urea groups is 1. The van der Waals surface area contributed by atoms with Crippen LogP contribution in [0.3, 0.4) is 0 Å². The molecule has 1 aliphatic carbocycles. The molecule has 0 radical (unpaired) electrons. The average molecular weight is 280 g/mol. The summed E-state index contributed by atoms with van der Waals surface area (Å²) < 4.78 is 0. The molecule has 5 nitrogen and oxygen atoms in total. The van der Waals surface area contributed by atoms with Gasteiger partial charge in [-0.1, -0.05) is 24.3 Å². The van der Waals surface area contributed by atoms with Crippen LogP contribution in [0.5, 0.6) is 0 Å². The Hall–Kier alpha value is -2.43. The number of fused-ring (bicyclic) bond motifs is 1. The number of carbonyl (C=O) groups excluding carboxylic acids is 1. The molecule has 1 aliphatic heterocycles. The minimum atomic E-state index is -0.281. The molecule has 106 valence electrons. The summed E-state index contributed by atoms with van der Waals surface area (Å²) >= 11 is 0. The standard InChI is InChI=1S/C16H16N4O/c17-15-14(20(16(21)19-15)9-10-6-7-10)12-5-1-3-11-4-2-8-18-13(11)12/h1-5,8,10,14H,6-7,9H2,(H2,17,19,21). The molecule has 2 heterocycles. The Morgan fingerprint density at radius 2 is 2.05 bits per heavy atom. The number of hydrogen-bond donors (Lipinski definition) is 1. The van der Waals surface area contributed by atoms with E-state index < -0.39 is 0 Å². The van der Waals surface area contributed by atoms with Gasteiger partial charge >= 0.3 is 6.03 Å². The number of benzene rings is 1. The van der Waals surface area contributed by atoms with Crippen molar-refractivity contribution in [2.24, 2.45) is 16.6 Å². The molecular formula is C16H16N4O. The summed E-state index contributed by atoms with van der Waals surface area (Å²) in [6, 6.07) is 9.40. The molecule has 2 amide bonds. The van der Waals surface area contributed by atoms with Crippen molar-refractivity contribution in [2.45, 2.75) is 18.9 Å². The predicted molar refractivity (Wildman–Crippen MR) is 80.9 cm³/mol. The van der Waals surface area contributed by atoms with Crippen LogP contribution in [0.1, 0.15) is 24.4 Å². The van der Waals surface area contributed by atoms with Crippen LogP contribution >= 0.6 is 0 Å². The number of amides is 2. The SMILES string of the molecule is NC1=NC(=O)N(CC2CC2)C1c1cccc2cccnc12. The van der Waals surface area contributed by atoms with Crippen LogP contribution in [-0.4, -0.2) is 28.3 Å². The van der Waals surface area contributed by atoms with Gasteiger partial charge in [-0.05, 0) is 24.8 Å². The second-order valence-corrected chi connectivity index (χ2v) is 5.74. The van der Waals surface area contributed by atoms with E-state index in [2.05, 4.69) is 9.98 Å². The number of nitrogens with two attached hydrogens (primary N) is 1. The highest BCUT2D eigenvalue weighted by atomic mass is 16.2. The number of aliphatic imine (C=N–C) groups is 1. The van der Waals surface area contributed by atoms with E-state index in [4.69, 9.17) is 5.73 Å². The number of carbonyl (C=O) groups is 1. The van der Waals surface area contributed by atoms with Gasteiger partial charge in [0.1, 0.15) is 11.9 Å². The largest absolute Gasteiger partial charge is 0.385 e. The number of hydrogen-bond acceptors (Lipinski definition) is 3. The lowest BCUT2D eigenvalue weighted by Gasteiger charge is -2.25. The third-order valence-electron chi connectivity index (χ3n) is 4.17. The molecule has 1 unspecified atom stereocenters. The zero-order valence-corrected chi connectivity index (χ0v) is 11.6. The second kappa shape index (κ2) is 4.55. The molecule has 21 heavy (non-hydrogen) atoms. The van der Waals surface area contributed by atoms with Crippen molar-refractivity contribution in [3.63, 3.8) is 0 Å². The molecule has 5 heteroatoms. The minimum Gasteiger partial charge on any atom is -0.385 e. The molecule has 2 aliphatic rings. The molecule has 1 aromatic heterocycles. The van der Waals surface area contributed by atoms with E-state index in [0.29, 0.717) is 11.8 Å². The van der Waals surface area contributed by atoms with E-state index >= 15 is 0 Å². The lowest BCUT2D eigenvalue weighted by Crippen LogP contribution is -2.35. The van der Waals surface area contributed by atoms with Gasteiger partial charge in [-0.2, -0.15) is 4.99 Å². The maximum absolute atomic E-state index is 12.1. The van der Waals surface area contributed by atoms with E-state index in [9.17, 15) is 4.79 Å². The van der Waals surface area contributed by atoms with Gasteiger partial charge in [-0.3, -0.25) is 4.98 Å². The first kappa shape index (κ1) is 12.3. The highest BCUT2D eigenvalue weighted by Crippen LogP contribution is 2.36. The number of pyridine rings is 1. The fourth-order valence-electron chi connectivity index (χ4n) is 2.94. The maximum atomic E-state index is 12.1. The van der Waals surface area contributed by atoms with Crippen molar-refractivity contribution in [3.8, 4) is 0 Å². The summed E-state index contributed by atoms with van der Waals surface area (Å²) in [6.07, 6.45) is 4.13. The van der Waals surface area contributed by atoms with Gasteiger partial charge in [-0.25, -0.2) is 4.79 Å². The first-order chi connectivity index (χ1) is 10.2. The minimum absolute atomic E-state index is 0.225. The maximum Gasteiger partial charge on any atom is 0.346 e. The molecule has 4 rings (SSSR count). The predicted octanol–water partition coefficient (Wildman–Crippen LogP) is 2.48. The summed E-state index contributed by atoms with van der Waals surface area (Å²) in [5, 5.41) is 1.05. The third-order valence-corrected chi connectivity index (χ3v) is 4.17. The van der Waals surface area contributed by atoms with Gasteiger partial charge in [0.15, 0.2) is 0 Å². The normalized spacial score (nSPS) is 21.9. The Morgan fingerprint density at radius 3 is 2.86 bits per heavy atom. The smallest absolute Gasteiger partial charge is 0.346 e. The van der Waals surface area contributed by atoms with Crippen LogP contribution in [0.4, 0.5) is 4.79 Å². The van der Waals surface area contributed by atoms with Crippen molar-refractivity contribution in [3.05, 3.63) is 42.1 Å². The van der Waals surface area contributed by atoms with E-state index in [1.807, 2.05) is 30.3 Å². The summed E-state index contributed by atoms with van der Waals surface area (Å²) in [6.45, 7) is 0.733. The molecule has 1 fully saturated rings. The van der Waals surface area contributed by atoms with Crippen molar-refractivity contribution >= 4 is 22.8 Å². The summed E-state index contributed by atoms with van der Waals surface area (Å²) in [5.74, 6) is 0.972. The fraction of sp³-hybridized carbons (Fsp3) is 0.312. The van der Waals surface area contributed by atoms with E-state index in [-0.39, 0.29) is 12.1 Å². The molecule has 2 N–H and O–H groups in total. The Balaban J connectivity index is 1.81. The van der Waals surface area contributed by atoms with Crippen LogP contribution < -0.4 is 5.73 Å². The number of nitrogens with zero attached hydrogens (tertiary/aromatic N) is 3. The zero-order chi connectivity index (χ0) is 14.4. The van der Waals surface area contributed by atoms with Gasteiger partial charge in [0.2, 0.25) is 0 Å². The monoisotopic (exact) mass is 280 g/mol. The highest BCUT2D eigenvalue weighted by molar-refractivity contribution is 6.05. The number of para-hydroxylation sites is 1. The van der Waals surface area contributed by atoms with Gasteiger partial charge in [0.25, 0.3) is 0 Å². The molecule has 0 saturated heterocycles. The third kappa shape index (κ3) is 2.05. The summed E-state index contributed by atoms with van der Waals surface area (Å²) in [5.41, 5.74) is 7.89. The zero-order valence-electron chi connectivity index (χ0n) is 11.6. The molecule has 2 aromatic rings. The fourth-order valence-corrected chi connectivity index (χ4v) is 2.94. The van der Waals surface area contributed by atoms with Crippen molar-refractivity contribution in [2.75, 3.05) is 6.54 Å². The van der Waals surface area contributed by atoms with Gasteiger partial charge in [0, 0.05) is 23.7 Å². The van der Waals surface area contributed by atoms with Crippen LogP contribution in [0.15, 0.2) is 41.5 Å². The van der Waals surface area contributed by atoms with E-state index in [1.54, 1.807) is 11.1 Å². The average Bonchev–Trinajstić information content (AvgIpc) is 3.26. The van der Waals surface area contributed by atoms with Crippen LogP contribution in [0.2, 0.25) is 0 Å². The quantitative estimate of drug-likeness (QED) is 0.938. The van der Waals surface area contributed by atoms with Crippen LogP contribution in [-0.2, 0) is 0 Å². The lowest BCUT2D eigenvalue weighted by atomic mass is 10.0. The second-order valence-electron chi connectivity index (χ2n) is 5.74. The molecule has 1 aromatic carbocycles. The van der Waals surface area contributed by atoms with E-state index in [0.717, 1.165) is 23.0 Å². The van der Waals surface area contributed by atoms with Gasteiger partial charge < -0.3 is 10.6 Å². The van der Waals surface area contributed by atoms with Crippen LogP contribution in [0, 0.1) is 5.92 Å². The van der Waals surface area contributed by atoms with Gasteiger partial charge in [0.05, 0.1) is 5.52 Å². The molecule has 1 atom stereocenters. The molecule has 1 saturated carbocycles. The number of aromatic nitrogens is 1. The first-order valence-corrected chi connectivity index (χ1v) is 7.22. The van der Waals surface area contributed by atoms with E-state index in [1.165, 1.54) is 12.8 Å². The highest BCUT2D eigenvalue weighted by Gasteiger charge is 2.38. The number of amidine groups is 1. The van der Waals surface area contributed by atoms with Crippen LogP contribution in [0.25, 0.3) is 10.9 Å². The summed E-state index contributed by atoms with van der Waals surface area (Å²) in [7, 11) is 0. The number of rotatable bonds is 3. The Morgan fingerprint density at radius 1 is 1.24 bits per heavy atom. The first-order valence-electron chi connectivity index (χ1n) is 7.22. The summed E-state index contributed by atoms with van der Waals surface area (Å²) in [4.78, 5) is 22.3. The topological polar surface area (TPSA) is 71.6 Å². The Kier molecular flexibility index (Phi) is 2.67.